The highest BCUT2D eigenvalue weighted by atomic mass is 16.5. The molecule has 0 spiro atoms. The predicted octanol–water partition coefficient (Wildman–Crippen LogP) is 5.29. The topological polar surface area (TPSA) is 12.5 Å². The van der Waals surface area contributed by atoms with E-state index in [1.165, 1.54) is 49.9 Å². The van der Waals surface area contributed by atoms with Crippen LogP contribution in [0.1, 0.15) is 48.4 Å². The van der Waals surface area contributed by atoms with Crippen LogP contribution in [-0.4, -0.2) is 30.6 Å². The van der Waals surface area contributed by atoms with Crippen LogP contribution in [-0.2, 0) is 19.3 Å². The molecule has 2 nitrogen and oxygen atoms in total. The molecule has 0 bridgehead atoms. The van der Waals surface area contributed by atoms with Gasteiger partial charge in [0.1, 0.15) is 5.75 Å². The monoisotopic (exact) mass is 361 g/mol. The first-order valence-corrected chi connectivity index (χ1v) is 10.6. The van der Waals surface area contributed by atoms with Crippen molar-refractivity contribution in [2.75, 3.05) is 19.7 Å². The quantitative estimate of drug-likeness (QED) is 0.562. The van der Waals surface area contributed by atoms with Crippen molar-refractivity contribution in [2.45, 2.75) is 51.5 Å². The van der Waals surface area contributed by atoms with E-state index in [-0.39, 0.29) is 0 Å². The van der Waals surface area contributed by atoms with Crippen molar-refractivity contribution in [1.82, 2.24) is 4.90 Å². The zero-order valence-corrected chi connectivity index (χ0v) is 16.5. The molecule has 2 aliphatic carbocycles. The predicted molar refractivity (Wildman–Crippen MR) is 113 cm³/mol. The van der Waals surface area contributed by atoms with Gasteiger partial charge >= 0.3 is 0 Å². The van der Waals surface area contributed by atoms with Gasteiger partial charge in [0, 0.05) is 11.6 Å². The van der Waals surface area contributed by atoms with Gasteiger partial charge in [0.2, 0.25) is 0 Å². The van der Waals surface area contributed by atoms with Crippen LogP contribution in [0.5, 0.6) is 5.75 Å². The molecule has 0 atom stereocenters. The summed E-state index contributed by atoms with van der Waals surface area (Å²) >= 11 is 0. The van der Waals surface area contributed by atoms with Crippen LogP contribution in [0.4, 0.5) is 0 Å². The van der Waals surface area contributed by atoms with E-state index in [9.17, 15) is 0 Å². The molecule has 0 N–H and O–H groups in total. The summed E-state index contributed by atoms with van der Waals surface area (Å²) in [5.41, 5.74) is 5.79. The van der Waals surface area contributed by atoms with Gasteiger partial charge in [-0.15, -0.1) is 0 Å². The van der Waals surface area contributed by atoms with Gasteiger partial charge in [-0.1, -0.05) is 55.5 Å². The van der Waals surface area contributed by atoms with Gasteiger partial charge in [-0.05, 0) is 74.4 Å². The average Bonchev–Trinajstić information content (AvgIpc) is 3.33. The van der Waals surface area contributed by atoms with Gasteiger partial charge in [0.25, 0.3) is 0 Å². The Balaban J connectivity index is 1.23. The molecule has 0 saturated carbocycles. The molecule has 0 fully saturated rings. The molecule has 4 rings (SSSR count). The van der Waals surface area contributed by atoms with Crippen molar-refractivity contribution in [2.24, 2.45) is 0 Å². The highest BCUT2D eigenvalue weighted by molar-refractivity contribution is 5.63. The molecule has 142 valence electrons. The van der Waals surface area contributed by atoms with Gasteiger partial charge in [0.15, 0.2) is 0 Å². The Kier molecular flexibility index (Phi) is 5.94. The molecular formula is C25H31NO. The van der Waals surface area contributed by atoms with E-state index in [4.69, 9.17) is 4.74 Å². The van der Waals surface area contributed by atoms with Crippen molar-refractivity contribution in [1.29, 1.82) is 0 Å². The van der Waals surface area contributed by atoms with Crippen molar-refractivity contribution in [3.05, 3.63) is 70.8 Å². The third-order valence-electron chi connectivity index (χ3n) is 5.94. The highest BCUT2D eigenvalue weighted by Crippen LogP contribution is 2.29. The Labute approximate surface area is 163 Å². The SMILES string of the molecule is CCCN(CCCCOc1cccc2c1CC=C2)C1Cc2ccccc2C1. The summed E-state index contributed by atoms with van der Waals surface area (Å²) in [7, 11) is 0. The standard InChI is InChI=1S/C25H31NO/c1-2-15-26(23-18-21-9-3-4-10-22(21)19-23)16-5-6-17-27-25-14-8-12-20-11-7-13-24(20)25/h3-4,7-12,14,23H,2,5-6,13,15-19H2,1H3. The molecule has 27 heavy (non-hydrogen) atoms. The van der Waals surface area contributed by atoms with Crippen LogP contribution in [0.25, 0.3) is 6.08 Å². The second kappa shape index (κ2) is 8.75. The first kappa shape index (κ1) is 18.3. The molecular weight excluding hydrogens is 330 g/mol. The molecule has 0 unspecified atom stereocenters. The van der Waals surface area contributed by atoms with Crippen LogP contribution in [0.15, 0.2) is 48.5 Å². The fourth-order valence-electron chi connectivity index (χ4n) is 4.55. The van der Waals surface area contributed by atoms with E-state index in [0.29, 0.717) is 6.04 Å². The summed E-state index contributed by atoms with van der Waals surface area (Å²) in [5, 5.41) is 0. The van der Waals surface area contributed by atoms with E-state index >= 15 is 0 Å². The number of rotatable bonds is 9. The Hall–Kier alpha value is -2.06. The van der Waals surface area contributed by atoms with Crippen LogP contribution < -0.4 is 4.74 Å². The van der Waals surface area contributed by atoms with Gasteiger partial charge in [-0.2, -0.15) is 0 Å². The van der Waals surface area contributed by atoms with Gasteiger partial charge in [0.05, 0.1) is 6.61 Å². The maximum atomic E-state index is 6.11. The number of hydrogen-bond acceptors (Lipinski definition) is 2. The van der Waals surface area contributed by atoms with Crippen molar-refractivity contribution >= 4 is 6.08 Å². The number of fused-ring (bicyclic) bond motifs is 2. The number of ether oxygens (including phenoxy) is 1. The minimum absolute atomic E-state index is 0.687. The Morgan fingerprint density at radius 1 is 0.963 bits per heavy atom. The maximum absolute atomic E-state index is 6.11. The van der Waals surface area contributed by atoms with E-state index < -0.39 is 0 Å². The summed E-state index contributed by atoms with van der Waals surface area (Å²) in [6.07, 6.45) is 11.4. The van der Waals surface area contributed by atoms with Crippen LogP contribution in [0.2, 0.25) is 0 Å². The van der Waals surface area contributed by atoms with Crippen LogP contribution >= 0.6 is 0 Å². The first-order valence-electron chi connectivity index (χ1n) is 10.6. The molecule has 0 saturated heterocycles. The smallest absolute Gasteiger partial charge is 0.123 e. The summed E-state index contributed by atoms with van der Waals surface area (Å²) in [6.45, 7) is 5.51. The Bertz CT molecular complexity index is 770. The first-order chi connectivity index (χ1) is 13.3. The minimum atomic E-state index is 0.687. The fraction of sp³-hybridized carbons (Fsp3) is 0.440. The molecule has 2 aliphatic rings. The van der Waals surface area contributed by atoms with Crippen molar-refractivity contribution < 1.29 is 4.74 Å². The molecule has 2 aromatic rings. The summed E-state index contributed by atoms with van der Waals surface area (Å²) in [6, 6.07) is 16.0. The van der Waals surface area contributed by atoms with E-state index in [1.807, 2.05) is 0 Å². The molecule has 0 aliphatic heterocycles. The number of nitrogens with zero attached hydrogens (tertiary/aromatic N) is 1. The second-order valence-electron chi connectivity index (χ2n) is 7.85. The molecule has 0 amide bonds. The zero-order chi connectivity index (χ0) is 18.5. The summed E-state index contributed by atoms with van der Waals surface area (Å²) in [5.74, 6) is 1.08. The number of unbranched alkanes of at least 4 members (excludes halogenated alkanes) is 1. The summed E-state index contributed by atoms with van der Waals surface area (Å²) in [4.78, 5) is 2.71. The lowest BCUT2D eigenvalue weighted by Crippen LogP contribution is -2.37. The van der Waals surface area contributed by atoms with E-state index in [0.717, 1.165) is 25.2 Å². The normalized spacial score (nSPS) is 15.3. The highest BCUT2D eigenvalue weighted by Gasteiger charge is 2.25. The molecule has 2 aromatic carbocycles. The van der Waals surface area contributed by atoms with Crippen LogP contribution in [0.3, 0.4) is 0 Å². The lowest BCUT2D eigenvalue weighted by atomic mass is 10.1. The number of benzene rings is 2. The zero-order valence-electron chi connectivity index (χ0n) is 16.5. The lowest BCUT2D eigenvalue weighted by molar-refractivity contribution is 0.191. The fourth-order valence-corrected chi connectivity index (χ4v) is 4.55. The third kappa shape index (κ3) is 4.27. The minimum Gasteiger partial charge on any atom is -0.493 e. The molecule has 0 radical (unpaired) electrons. The van der Waals surface area contributed by atoms with E-state index in [2.05, 4.69) is 66.4 Å². The average molecular weight is 362 g/mol. The molecule has 0 heterocycles. The van der Waals surface area contributed by atoms with Gasteiger partial charge < -0.3 is 4.74 Å². The number of allylic oxidation sites excluding steroid dienone is 1. The lowest BCUT2D eigenvalue weighted by Gasteiger charge is -2.28. The molecule has 2 heteroatoms. The van der Waals surface area contributed by atoms with Crippen molar-refractivity contribution in [3.8, 4) is 5.75 Å². The number of hydrogen-bond donors (Lipinski definition) is 0. The van der Waals surface area contributed by atoms with Gasteiger partial charge in [-0.3, -0.25) is 4.90 Å². The maximum Gasteiger partial charge on any atom is 0.123 e. The van der Waals surface area contributed by atoms with Crippen LogP contribution in [0, 0.1) is 0 Å². The van der Waals surface area contributed by atoms with Crippen molar-refractivity contribution in [3.63, 3.8) is 0 Å². The van der Waals surface area contributed by atoms with Gasteiger partial charge in [-0.25, -0.2) is 0 Å². The summed E-state index contributed by atoms with van der Waals surface area (Å²) < 4.78 is 6.11. The largest absolute Gasteiger partial charge is 0.493 e. The second-order valence-corrected chi connectivity index (χ2v) is 7.85. The molecule has 0 aromatic heterocycles. The van der Waals surface area contributed by atoms with E-state index in [1.54, 1.807) is 11.1 Å². The third-order valence-corrected chi connectivity index (χ3v) is 5.94. The Morgan fingerprint density at radius 2 is 1.78 bits per heavy atom. The Morgan fingerprint density at radius 3 is 2.56 bits per heavy atom.